The molecule has 248 valence electrons. The van der Waals surface area contributed by atoms with Crippen LogP contribution in [0.5, 0.6) is 0 Å². The molecule has 42 heavy (non-hydrogen) atoms. The molecule has 0 amide bonds. The summed E-state index contributed by atoms with van der Waals surface area (Å²) < 4.78 is 5.88. The van der Waals surface area contributed by atoms with Gasteiger partial charge in [0.1, 0.15) is 6.10 Å². The molecular formula is C38H72O4. The standard InChI is InChI=1S/C38H72O4/c1-3-5-7-9-11-13-15-17-18-19-21-23-25-27-29-35-38(41)42-36(33-30-31-34-37(39)40)32-28-26-24-22-20-16-14-12-10-8-6-4-2/h17-18,36H,3-16,19-35H2,1-2H3,(H,39,40)/b18-17-. The fourth-order valence-corrected chi connectivity index (χ4v) is 5.71. The highest BCUT2D eigenvalue weighted by molar-refractivity contribution is 5.69. The Morgan fingerprint density at radius 1 is 0.500 bits per heavy atom. The summed E-state index contributed by atoms with van der Waals surface area (Å²) in [6.45, 7) is 4.54. The van der Waals surface area contributed by atoms with Gasteiger partial charge in [-0.1, -0.05) is 148 Å². The Kier molecular flexibility index (Phi) is 33.1. The molecule has 0 aliphatic rings. The van der Waals surface area contributed by atoms with E-state index in [2.05, 4.69) is 26.0 Å². The van der Waals surface area contributed by atoms with E-state index in [0.29, 0.717) is 12.8 Å². The maximum atomic E-state index is 12.5. The lowest BCUT2D eigenvalue weighted by Crippen LogP contribution is -2.18. The van der Waals surface area contributed by atoms with Crippen molar-refractivity contribution in [3.05, 3.63) is 12.2 Å². The van der Waals surface area contributed by atoms with Gasteiger partial charge >= 0.3 is 11.9 Å². The minimum Gasteiger partial charge on any atom is -0.481 e. The molecule has 1 unspecified atom stereocenters. The van der Waals surface area contributed by atoms with Crippen LogP contribution in [0.15, 0.2) is 12.2 Å². The molecule has 0 rings (SSSR count). The van der Waals surface area contributed by atoms with E-state index >= 15 is 0 Å². The van der Waals surface area contributed by atoms with Crippen molar-refractivity contribution in [2.45, 2.75) is 219 Å². The van der Waals surface area contributed by atoms with Gasteiger partial charge in [-0.15, -0.1) is 0 Å². The normalized spacial score (nSPS) is 12.2. The Morgan fingerprint density at radius 2 is 0.857 bits per heavy atom. The van der Waals surface area contributed by atoms with Gasteiger partial charge < -0.3 is 9.84 Å². The first-order valence-electron chi connectivity index (χ1n) is 18.7. The third-order valence-corrected chi connectivity index (χ3v) is 8.49. The molecule has 0 aliphatic heterocycles. The second-order valence-corrected chi connectivity index (χ2v) is 12.8. The second-order valence-electron chi connectivity index (χ2n) is 12.8. The molecule has 0 saturated heterocycles. The monoisotopic (exact) mass is 593 g/mol. The summed E-state index contributed by atoms with van der Waals surface area (Å²) in [5.74, 6) is -0.802. The van der Waals surface area contributed by atoms with E-state index in [1.165, 1.54) is 141 Å². The summed E-state index contributed by atoms with van der Waals surface area (Å²) in [6, 6.07) is 0. The number of allylic oxidation sites excluding steroid dienone is 2. The van der Waals surface area contributed by atoms with Crippen molar-refractivity contribution >= 4 is 11.9 Å². The van der Waals surface area contributed by atoms with Crippen molar-refractivity contribution < 1.29 is 19.4 Å². The van der Waals surface area contributed by atoms with E-state index in [1.54, 1.807) is 0 Å². The summed E-state index contributed by atoms with van der Waals surface area (Å²) in [5.41, 5.74) is 0. The molecule has 0 fully saturated rings. The van der Waals surface area contributed by atoms with Crippen LogP contribution in [0.25, 0.3) is 0 Å². The molecule has 1 atom stereocenters. The third-order valence-electron chi connectivity index (χ3n) is 8.49. The van der Waals surface area contributed by atoms with Gasteiger partial charge in [-0.2, -0.15) is 0 Å². The molecule has 0 heterocycles. The van der Waals surface area contributed by atoms with Crippen LogP contribution in [0.1, 0.15) is 213 Å². The number of carbonyl (C=O) groups is 2. The van der Waals surface area contributed by atoms with Crippen LogP contribution in [0.4, 0.5) is 0 Å². The highest BCUT2D eigenvalue weighted by Gasteiger charge is 2.14. The molecule has 0 bridgehead atoms. The van der Waals surface area contributed by atoms with Crippen molar-refractivity contribution in [3.8, 4) is 0 Å². The molecule has 0 aromatic carbocycles. The molecule has 0 radical (unpaired) electrons. The van der Waals surface area contributed by atoms with Crippen LogP contribution in [-0.4, -0.2) is 23.1 Å². The number of aliphatic carboxylic acids is 1. The lowest BCUT2D eigenvalue weighted by molar-refractivity contribution is -0.150. The zero-order valence-corrected chi connectivity index (χ0v) is 28.3. The van der Waals surface area contributed by atoms with Crippen molar-refractivity contribution in [2.24, 2.45) is 0 Å². The van der Waals surface area contributed by atoms with E-state index < -0.39 is 5.97 Å². The lowest BCUT2D eigenvalue weighted by Gasteiger charge is -2.18. The highest BCUT2D eigenvalue weighted by atomic mass is 16.5. The predicted molar refractivity (Wildman–Crippen MR) is 181 cm³/mol. The van der Waals surface area contributed by atoms with Crippen LogP contribution < -0.4 is 0 Å². The number of esters is 1. The molecule has 0 saturated carbocycles. The topological polar surface area (TPSA) is 63.6 Å². The largest absolute Gasteiger partial charge is 0.481 e. The Balaban J connectivity index is 3.89. The first kappa shape index (κ1) is 40.7. The third kappa shape index (κ3) is 33.2. The molecule has 4 nitrogen and oxygen atoms in total. The number of carboxylic acid groups (broad SMARTS) is 1. The minimum absolute atomic E-state index is 0.0439. The number of unbranched alkanes of at least 4 members (excludes halogenated alkanes) is 23. The van der Waals surface area contributed by atoms with E-state index in [-0.39, 0.29) is 18.5 Å². The zero-order valence-electron chi connectivity index (χ0n) is 28.3. The maximum Gasteiger partial charge on any atom is 0.306 e. The zero-order chi connectivity index (χ0) is 30.8. The first-order valence-corrected chi connectivity index (χ1v) is 18.7. The number of ether oxygens (including phenoxy) is 1. The number of hydrogen-bond donors (Lipinski definition) is 1. The second kappa shape index (κ2) is 34.2. The molecule has 0 spiro atoms. The van der Waals surface area contributed by atoms with Gasteiger partial charge in [0, 0.05) is 12.8 Å². The quantitative estimate of drug-likeness (QED) is 0.0458. The Morgan fingerprint density at radius 3 is 1.31 bits per heavy atom. The molecular weight excluding hydrogens is 520 g/mol. The van der Waals surface area contributed by atoms with Crippen LogP contribution in [0.2, 0.25) is 0 Å². The summed E-state index contributed by atoms with van der Waals surface area (Å²) in [7, 11) is 0. The fraction of sp³-hybridized carbons (Fsp3) is 0.895. The van der Waals surface area contributed by atoms with Crippen molar-refractivity contribution in [1.29, 1.82) is 0 Å². The fourth-order valence-electron chi connectivity index (χ4n) is 5.71. The predicted octanol–water partition coefficient (Wildman–Crippen LogP) is 12.7. The Bertz CT molecular complexity index is 600. The Hall–Kier alpha value is -1.32. The van der Waals surface area contributed by atoms with Gasteiger partial charge in [-0.3, -0.25) is 9.59 Å². The Labute approximate surface area is 262 Å². The highest BCUT2D eigenvalue weighted by Crippen LogP contribution is 2.18. The number of carboxylic acids is 1. The van der Waals surface area contributed by atoms with Gasteiger partial charge in [-0.25, -0.2) is 0 Å². The van der Waals surface area contributed by atoms with Crippen LogP contribution in [-0.2, 0) is 14.3 Å². The summed E-state index contributed by atoms with van der Waals surface area (Å²) in [6.07, 6.45) is 40.8. The van der Waals surface area contributed by atoms with Gasteiger partial charge in [0.05, 0.1) is 0 Å². The van der Waals surface area contributed by atoms with E-state index in [9.17, 15) is 9.59 Å². The van der Waals surface area contributed by atoms with E-state index in [4.69, 9.17) is 9.84 Å². The molecule has 0 aromatic rings. The average Bonchev–Trinajstić information content (AvgIpc) is 2.97. The van der Waals surface area contributed by atoms with Crippen LogP contribution >= 0.6 is 0 Å². The smallest absolute Gasteiger partial charge is 0.306 e. The lowest BCUT2D eigenvalue weighted by atomic mass is 10.0. The first-order chi connectivity index (χ1) is 20.6. The van der Waals surface area contributed by atoms with Crippen molar-refractivity contribution in [1.82, 2.24) is 0 Å². The van der Waals surface area contributed by atoms with Crippen LogP contribution in [0, 0.1) is 0 Å². The van der Waals surface area contributed by atoms with Crippen LogP contribution in [0.3, 0.4) is 0 Å². The van der Waals surface area contributed by atoms with E-state index in [1.807, 2.05) is 0 Å². The number of carbonyl (C=O) groups excluding carboxylic acids is 1. The van der Waals surface area contributed by atoms with E-state index in [0.717, 1.165) is 38.5 Å². The van der Waals surface area contributed by atoms with Crippen molar-refractivity contribution in [3.63, 3.8) is 0 Å². The van der Waals surface area contributed by atoms with Gasteiger partial charge in [-0.05, 0) is 64.2 Å². The van der Waals surface area contributed by atoms with Gasteiger partial charge in [0.2, 0.25) is 0 Å². The molecule has 0 aromatic heterocycles. The SMILES string of the molecule is CCCCCCCC/C=C\CCCCCCCC(=O)OC(CCCCCCCCCCCCCC)CCCCC(=O)O. The average molecular weight is 593 g/mol. The van der Waals surface area contributed by atoms with Gasteiger partial charge in [0.25, 0.3) is 0 Å². The maximum absolute atomic E-state index is 12.5. The number of rotatable bonds is 34. The van der Waals surface area contributed by atoms with Crippen molar-refractivity contribution in [2.75, 3.05) is 0 Å². The molecule has 1 N–H and O–H groups in total. The molecule has 0 aliphatic carbocycles. The summed E-state index contributed by atoms with van der Waals surface area (Å²) in [5, 5.41) is 8.92. The summed E-state index contributed by atoms with van der Waals surface area (Å²) >= 11 is 0. The minimum atomic E-state index is -0.742. The molecule has 4 heteroatoms. The summed E-state index contributed by atoms with van der Waals surface area (Å²) in [4.78, 5) is 23.4. The number of hydrogen-bond acceptors (Lipinski definition) is 3. The van der Waals surface area contributed by atoms with Gasteiger partial charge in [0.15, 0.2) is 0 Å².